The molecule has 0 amide bonds. The minimum Gasteiger partial charge on any atom is -0.492 e. The van der Waals surface area contributed by atoms with Gasteiger partial charge in [0.1, 0.15) is 12.4 Å². The Morgan fingerprint density at radius 2 is 1.85 bits per heavy atom. The van der Waals surface area contributed by atoms with Gasteiger partial charge in [0.05, 0.1) is 13.2 Å². The quantitative estimate of drug-likeness (QED) is 0.681. The number of aryl methyl sites for hydroxylation is 1. The second kappa shape index (κ2) is 8.98. The molecule has 0 spiro atoms. The molecule has 0 aliphatic carbocycles. The van der Waals surface area contributed by atoms with Gasteiger partial charge >= 0.3 is 0 Å². The van der Waals surface area contributed by atoms with Crippen LogP contribution in [0.3, 0.4) is 0 Å². The third kappa shape index (κ3) is 5.51. The smallest absolute Gasteiger partial charge is 0.119 e. The molecule has 0 aromatic heterocycles. The highest BCUT2D eigenvalue weighted by atomic mass is 16.5. The first kappa shape index (κ1) is 15.3. The van der Waals surface area contributed by atoms with E-state index in [1.165, 1.54) is 31.2 Å². The topological polar surface area (TPSA) is 21.7 Å². The average molecular weight is 277 g/mol. The molecule has 1 saturated heterocycles. The lowest BCUT2D eigenvalue weighted by Crippen LogP contribution is -2.38. The second-order valence-corrected chi connectivity index (χ2v) is 5.40. The summed E-state index contributed by atoms with van der Waals surface area (Å²) in [5, 5.41) is 0. The minimum absolute atomic E-state index is 0.759. The van der Waals surface area contributed by atoms with Crippen LogP contribution in [0.25, 0.3) is 0 Å². The maximum Gasteiger partial charge on any atom is 0.119 e. The Balaban J connectivity index is 1.65. The highest BCUT2D eigenvalue weighted by Crippen LogP contribution is 2.14. The molecule has 1 fully saturated rings. The molecule has 1 aromatic carbocycles. The molecule has 1 aliphatic rings. The van der Waals surface area contributed by atoms with E-state index < -0.39 is 0 Å². The number of rotatable bonds is 8. The number of morpholine rings is 1. The highest BCUT2D eigenvalue weighted by Gasteiger charge is 2.09. The van der Waals surface area contributed by atoms with Gasteiger partial charge in [-0.15, -0.1) is 0 Å². The van der Waals surface area contributed by atoms with Gasteiger partial charge in [-0.2, -0.15) is 0 Å². The van der Waals surface area contributed by atoms with Crippen LogP contribution in [0, 0.1) is 0 Å². The van der Waals surface area contributed by atoms with Crippen LogP contribution in [-0.2, 0) is 11.2 Å². The molecule has 112 valence electrons. The third-order valence-electron chi connectivity index (χ3n) is 3.77. The molecule has 3 heteroatoms. The Morgan fingerprint density at radius 1 is 1.10 bits per heavy atom. The Morgan fingerprint density at radius 3 is 2.55 bits per heavy atom. The Bertz CT molecular complexity index is 358. The monoisotopic (exact) mass is 277 g/mol. The van der Waals surface area contributed by atoms with Gasteiger partial charge in [-0.25, -0.2) is 0 Å². The van der Waals surface area contributed by atoms with Gasteiger partial charge in [0, 0.05) is 19.6 Å². The number of ether oxygens (including phenoxy) is 2. The number of hydrogen-bond donors (Lipinski definition) is 0. The molecule has 3 nitrogen and oxygen atoms in total. The average Bonchev–Trinajstić information content (AvgIpc) is 2.50. The fraction of sp³-hybridized carbons (Fsp3) is 0.647. The number of benzene rings is 1. The van der Waals surface area contributed by atoms with Crippen LogP contribution in [0.1, 0.15) is 31.7 Å². The summed E-state index contributed by atoms with van der Waals surface area (Å²) < 4.78 is 11.1. The van der Waals surface area contributed by atoms with E-state index in [-0.39, 0.29) is 0 Å². The van der Waals surface area contributed by atoms with E-state index in [2.05, 4.69) is 36.1 Å². The molecule has 0 bridgehead atoms. The Labute approximate surface area is 122 Å². The molecule has 2 rings (SSSR count). The first-order valence-corrected chi connectivity index (χ1v) is 7.90. The summed E-state index contributed by atoms with van der Waals surface area (Å²) in [5.74, 6) is 0.984. The van der Waals surface area contributed by atoms with Gasteiger partial charge in [0.15, 0.2) is 0 Å². The van der Waals surface area contributed by atoms with Crippen LogP contribution < -0.4 is 4.74 Å². The molecule has 0 atom stereocenters. The van der Waals surface area contributed by atoms with E-state index in [0.717, 1.165) is 45.2 Å². The summed E-state index contributed by atoms with van der Waals surface area (Å²) in [5.41, 5.74) is 1.42. The van der Waals surface area contributed by atoms with Gasteiger partial charge in [0.2, 0.25) is 0 Å². The van der Waals surface area contributed by atoms with Crippen molar-refractivity contribution in [2.45, 2.75) is 32.6 Å². The minimum atomic E-state index is 0.759. The SMILES string of the molecule is CCCCCc1ccc(OCCN2CCOCC2)cc1. The molecule has 20 heavy (non-hydrogen) atoms. The number of nitrogens with zero attached hydrogens (tertiary/aromatic N) is 1. The van der Waals surface area contributed by atoms with Crippen molar-refractivity contribution in [2.75, 3.05) is 39.5 Å². The van der Waals surface area contributed by atoms with Gasteiger partial charge in [0.25, 0.3) is 0 Å². The van der Waals surface area contributed by atoms with Gasteiger partial charge < -0.3 is 9.47 Å². The summed E-state index contributed by atoms with van der Waals surface area (Å²) in [7, 11) is 0. The van der Waals surface area contributed by atoms with Crippen LogP contribution in [0.15, 0.2) is 24.3 Å². The molecule has 0 unspecified atom stereocenters. The zero-order chi connectivity index (χ0) is 14.0. The zero-order valence-corrected chi connectivity index (χ0v) is 12.6. The lowest BCUT2D eigenvalue weighted by Gasteiger charge is -2.26. The standard InChI is InChI=1S/C17H27NO2/c1-2-3-4-5-16-6-8-17(9-7-16)20-15-12-18-10-13-19-14-11-18/h6-9H,2-5,10-15H2,1H3. The van der Waals surface area contributed by atoms with Crippen molar-refractivity contribution >= 4 is 0 Å². The molecule has 1 aromatic rings. The van der Waals surface area contributed by atoms with E-state index in [4.69, 9.17) is 9.47 Å². The summed E-state index contributed by atoms with van der Waals surface area (Å²) in [6, 6.07) is 8.58. The van der Waals surface area contributed by atoms with Crippen LogP contribution in [0.2, 0.25) is 0 Å². The molecule has 0 radical (unpaired) electrons. The van der Waals surface area contributed by atoms with E-state index >= 15 is 0 Å². The van der Waals surface area contributed by atoms with E-state index in [9.17, 15) is 0 Å². The Kier molecular flexibility index (Phi) is 6.89. The van der Waals surface area contributed by atoms with Crippen LogP contribution in [0.4, 0.5) is 0 Å². The lowest BCUT2D eigenvalue weighted by atomic mass is 10.1. The second-order valence-electron chi connectivity index (χ2n) is 5.40. The maximum absolute atomic E-state index is 5.81. The van der Waals surface area contributed by atoms with Crippen molar-refractivity contribution < 1.29 is 9.47 Å². The first-order chi connectivity index (χ1) is 9.88. The number of unbranched alkanes of at least 4 members (excludes halogenated alkanes) is 2. The van der Waals surface area contributed by atoms with Crippen molar-refractivity contribution in [3.63, 3.8) is 0 Å². The molecular weight excluding hydrogens is 250 g/mol. The van der Waals surface area contributed by atoms with Crippen molar-refractivity contribution in [3.8, 4) is 5.75 Å². The molecule has 0 N–H and O–H groups in total. The number of hydrogen-bond acceptors (Lipinski definition) is 3. The van der Waals surface area contributed by atoms with Crippen LogP contribution in [0.5, 0.6) is 5.75 Å². The highest BCUT2D eigenvalue weighted by molar-refractivity contribution is 5.27. The fourth-order valence-electron chi connectivity index (χ4n) is 2.45. The predicted molar refractivity (Wildman–Crippen MR) is 82.4 cm³/mol. The van der Waals surface area contributed by atoms with E-state index in [0.29, 0.717) is 0 Å². The molecule has 1 aliphatic heterocycles. The van der Waals surface area contributed by atoms with Gasteiger partial charge in [-0.1, -0.05) is 31.9 Å². The normalized spacial score (nSPS) is 16.2. The first-order valence-electron chi connectivity index (χ1n) is 7.90. The molecular formula is C17H27NO2. The van der Waals surface area contributed by atoms with Crippen molar-refractivity contribution in [3.05, 3.63) is 29.8 Å². The van der Waals surface area contributed by atoms with E-state index in [1.54, 1.807) is 0 Å². The van der Waals surface area contributed by atoms with Gasteiger partial charge in [-0.05, 0) is 30.5 Å². The summed E-state index contributed by atoms with van der Waals surface area (Å²) in [4.78, 5) is 2.39. The third-order valence-corrected chi connectivity index (χ3v) is 3.77. The summed E-state index contributed by atoms with van der Waals surface area (Å²) in [6.07, 6.45) is 5.07. The van der Waals surface area contributed by atoms with Crippen LogP contribution in [-0.4, -0.2) is 44.4 Å². The zero-order valence-electron chi connectivity index (χ0n) is 12.6. The van der Waals surface area contributed by atoms with E-state index in [1.807, 2.05) is 0 Å². The van der Waals surface area contributed by atoms with Crippen LogP contribution >= 0.6 is 0 Å². The maximum atomic E-state index is 5.81. The van der Waals surface area contributed by atoms with Crippen molar-refractivity contribution in [1.82, 2.24) is 4.90 Å². The summed E-state index contributed by atoms with van der Waals surface area (Å²) in [6.45, 7) is 7.75. The molecule has 1 heterocycles. The van der Waals surface area contributed by atoms with Gasteiger partial charge in [-0.3, -0.25) is 4.90 Å². The fourth-order valence-corrected chi connectivity index (χ4v) is 2.45. The van der Waals surface area contributed by atoms with Crippen molar-refractivity contribution in [1.29, 1.82) is 0 Å². The molecule has 0 saturated carbocycles. The predicted octanol–water partition coefficient (Wildman–Crippen LogP) is 3.13. The Hall–Kier alpha value is -1.06. The largest absolute Gasteiger partial charge is 0.492 e. The van der Waals surface area contributed by atoms with Crippen molar-refractivity contribution in [2.24, 2.45) is 0 Å². The lowest BCUT2D eigenvalue weighted by molar-refractivity contribution is 0.0322. The summed E-state index contributed by atoms with van der Waals surface area (Å²) >= 11 is 0.